The number of fused-ring (bicyclic) bond motifs is 1. The molecular weight excluding hydrogens is 232 g/mol. The first-order valence-corrected chi connectivity index (χ1v) is 6.57. The summed E-state index contributed by atoms with van der Waals surface area (Å²) in [7, 11) is 0. The molecule has 1 atom stereocenters. The minimum absolute atomic E-state index is 0.219. The summed E-state index contributed by atoms with van der Waals surface area (Å²) < 4.78 is 0. The number of thioether (sulfide) groups is 1. The van der Waals surface area contributed by atoms with Crippen LogP contribution in [0.1, 0.15) is 6.92 Å². The zero-order valence-corrected chi connectivity index (χ0v) is 10.6. The fourth-order valence-corrected chi connectivity index (χ4v) is 2.37. The van der Waals surface area contributed by atoms with Crippen LogP contribution in [0.15, 0.2) is 35.4 Å². The number of aromatic nitrogens is 1. The topological polar surface area (TPSA) is 59.1 Å². The van der Waals surface area contributed by atoms with Crippen LogP contribution in [0.25, 0.3) is 10.9 Å². The summed E-state index contributed by atoms with van der Waals surface area (Å²) in [6.45, 7) is 2.24. The van der Waals surface area contributed by atoms with Crippen molar-refractivity contribution < 1.29 is 5.11 Å². The van der Waals surface area contributed by atoms with Gasteiger partial charge in [0.25, 0.3) is 0 Å². The van der Waals surface area contributed by atoms with Gasteiger partial charge in [-0.3, -0.25) is 0 Å². The second kappa shape index (κ2) is 5.38. The second-order valence-corrected chi connectivity index (χ2v) is 5.24. The summed E-state index contributed by atoms with van der Waals surface area (Å²) in [4.78, 5) is 4.55. The van der Waals surface area contributed by atoms with E-state index in [1.807, 2.05) is 37.3 Å². The number of rotatable bonds is 4. The van der Waals surface area contributed by atoms with E-state index in [9.17, 15) is 0 Å². The Morgan fingerprint density at radius 3 is 2.94 bits per heavy atom. The molecule has 0 radical (unpaired) electrons. The molecule has 3 nitrogen and oxygen atoms in total. The molecule has 0 bridgehead atoms. The van der Waals surface area contributed by atoms with E-state index < -0.39 is 0 Å². The largest absolute Gasteiger partial charge is 0.399 e. The summed E-state index contributed by atoms with van der Waals surface area (Å²) in [5.74, 6) is 1.17. The predicted molar refractivity (Wildman–Crippen MR) is 73.1 cm³/mol. The minimum Gasteiger partial charge on any atom is -0.399 e. The summed E-state index contributed by atoms with van der Waals surface area (Å²) >= 11 is 1.67. The van der Waals surface area contributed by atoms with Crippen molar-refractivity contribution in [3.05, 3.63) is 30.3 Å². The Morgan fingerprint density at radius 2 is 2.18 bits per heavy atom. The van der Waals surface area contributed by atoms with E-state index in [1.54, 1.807) is 11.8 Å². The van der Waals surface area contributed by atoms with Gasteiger partial charge < -0.3 is 10.8 Å². The van der Waals surface area contributed by atoms with Gasteiger partial charge in [0.1, 0.15) is 0 Å². The molecule has 0 amide bonds. The lowest BCUT2D eigenvalue weighted by Crippen LogP contribution is -2.03. The van der Waals surface area contributed by atoms with Crippen LogP contribution in [-0.4, -0.2) is 22.5 Å². The minimum atomic E-state index is 0.219. The average Bonchev–Trinajstić information content (AvgIpc) is 2.35. The van der Waals surface area contributed by atoms with Crippen molar-refractivity contribution in [1.82, 2.24) is 4.98 Å². The van der Waals surface area contributed by atoms with Gasteiger partial charge >= 0.3 is 0 Å². The van der Waals surface area contributed by atoms with Crippen molar-refractivity contribution in [2.75, 3.05) is 18.1 Å². The third kappa shape index (κ3) is 3.11. The molecule has 1 heterocycles. The fraction of sp³-hybridized carbons (Fsp3) is 0.308. The van der Waals surface area contributed by atoms with Crippen LogP contribution in [0.5, 0.6) is 0 Å². The van der Waals surface area contributed by atoms with Crippen LogP contribution in [0.2, 0.25) is 0 Å². The molecule has 0 saturated carbocycles. The maximum atomic E-state index is 8.97. The van der Waals surface area contributed by atoms with Gasteiger partial charge in [-0.25, -0.2) is 4.98 Å². The van der Waals surface area contributed by atoms with Crippen molar-refractivity contribution in [2.24, 2.45) is 5.92 Å². The van der Waals surface area contributed by atoms with Gasteiger partial charge in [-0.1, -0.05) is 13.0 Å². The molecule has 3 N–H and O–H groups in total. The van der Waals surface area contributed by atoms with E-state index >= 15 is 0 Å². The maximum absolute atomic E-state index is 8.97. The molecule has 2 rings (SSSR count). The normalized spacial score (nSPS) is 12.8. The monoisotopic (exact) mass is 248 g/mol. The van der Waals surface area contributed by atoms with Gasteiger partial charge in [0.05, 0.1) is 10.5 Å². The Bertz CT molecular complexity index is 516. The average molecular weight is 248 g/mol. The van der Waals surface area contributed by atoms with Crippen LogP contribution in [0, 0.1) is 5.92 Å². The summed E-state index contributed by atoms with van der Waals surface area (Å²) in [6.07, 6.45) is 0. The third-order valence-corrected chi connectivity index (χ3v) is 3.77. The first-order chi connectivity index (χ1) is 8.19. The molecule has 1 unspecified atom stereocenters. The Labute approximate surface area is 105 Å². The molecule has 90 valence electrons. The van der Waals surface area contributed by atoms with E-state index in [4.69, 9.17) is 10.8 Å². The third-order valence-electron chi connectivity index (χ3n) is 2.52. The number of hydrogen-bond donors (Lipinski definition) is 2. The molecule has 0 aliphatic heterocycles. The van der Waals surface area contributed by atoms with Crippen molar-refractivity contribution in [2.45, 2.75) is 11.9 Å². The standard InChI is InChI=1S/C13H16N2OS/c1-9(7-16)8-17-13-5-2-10-6-11(14)3-4-12(10)15-13/h2-6,9,16H,7-8,14H2,1H3. The van der Waals surface area contributed by atoms with E-state index in [2.05, 4.69) is 4.98 Å². The molecule has 1 aromatic carbocycles. The summed E-state index contributed by atoms with van der Waals surface area (Å²) in [6, 6.07) is 9.75. The molecule has 0 aliphatic carbocycles. The smallest absolute Gasteiger partial charge is 0.0967 e. The second-order valence-electron chi connectivity index (χ2n) is 4.20. The van der Waals surface area contributed by atoms with Crippen molar-refractivity contribution in [3.63, 3.8) is 0 Å². The van der Waals surface area contributed by atoms with E-state index in [0.717, 1.165) is 27.4 Å². The van der Waals surface area contributed by atoms with Gasteiger partial charge in [0, 0.05) is 23.4 Å². The molecule has 1 aromatic heterocycles. The van der Waals surface area contributed by atoms with E-state index in [0.29, 0.717) is 5.92 Å². The van der Waals surface area contributed by atoms with Crippen LogP contribution in [0.3, 0.4) is 0 Å². The number of aliphatic hydroxyl groups excluding tert-OH is 1. The summed E-state index contributed by atoms with van der Waals surface area (Å²) in [5, 5.41) is 11.0. The lowest BCUT2D eigenvalue weighted by atomic mass is 10.2. The van der Waals surface area contributed by atoms with Crippen LogP contribution in [0.4, 0.5) is 5.69 Å². The quantitative estimate of drug-likeness (QED) is 0.645. The lowest BCUT2D eigenvalue weighted by Gasteiger charge is -2.07. The van der Waals surface area contributed by atoms with Gasteiger partial charge in [-0.05, 0) is 30.2 Å². The predicted octanol–water partition coefficient (Wildman–Crippen LogP) is 2.54. The number of pyridine rings is 1. The molecule has 4 heteroatoms. The molecule has 0 fully saturated rings. The van der Waals surface area contributed by atoms with E-state index in [-0.39, 0.29) is 6.61 Å². The number of benzene rings is 1. The van der Waals surface area contributed by atoms with Crippen molar-refractivity contribution >= 4 is 28.4 Å². The number of anilines is 1. The van der Waals surface area contributed by atoms with Crippen LogP contribution < -0.4 is 5.73 Å². The fourth-order valence-electron chi connectivity index (χ4n) is 1.49. The van der Waals surface area contributed by atoms with Gasteiger partial charge in [-0.15, -0.1) is 11.8 Å². The van der Waals surface area contributed by atoms with Crippen LogP contribution in [-0.2, 0) is 0 Å². The summed E-state index contributed by atoms with van der Waals surface area (Å²) in [5.41, 5.74) is 7.43. The SMILES string of the molecule is CC(CO)CSc1ccc2cc(N)ccc2n1. The zero-order valence-electron chi connectivity index (χ0n) is 9.76. The van der Waals surface area contributed by atoms with Gasteiger partial charge in [0.2, 0.25) is 0 Å². The molecule has 2 aromatic rings. The first-order valence-electron chi connectivity index (χ1n) is 5.59. The number of nitrogens with zero attached hydrogens (tertiary/aromatic N) is 1. The molecular formula is C13H16N2OS. The highest BCUT2D eigenvalue weighted by molar-refractivity contribution is 7.99. The molecule has 0 aliphatic rings. The number of aliphatic hydroxyl groups is 1. The van der Waals surface area contributed by atoms with E-state index in [1.165, 1.54) is 0 Å². The van der Waals surface area contributed by atoms with Crippen LogP contribution >= 0.6 is 11.8 Å². The number of hydrogen-bond acceptors (Lipinski definition) is 4. The Hall–Kier alpha value is -1.26. The number of nitrogen functional groups attached to an aromatic ring is 1. The highest BCUT2D eigenvalue weighted by Gasteiger charge is 2.03. The van der Waals surface area contributed by atoms with Crippen molar-refractivity contribution in [3.8, 4) is 0 Å². The highest BCUT2D eigenvalue weighted by Crippen LogP contribution is 2.23. The Balaban J connectivity index is 2.17. The molecule has 0 spiro atoms. The van der Waals surface area contributed by atoms with Gasteiger partial charge in [-0.2, -0.15) is 0 Å². The van der Waals surface area contributed by atoms with Crippen molar-refractivity contribution in [1.29, 1.82) is 0 Å². The number of nitrogens with two attached hydrogens (primary N) is 1. The first kappa shape index (κ1) is 12.2. The molecule has 0 saturated heterocycles. The molecule has 17 heavy (non-hydrogen) atoms. The highest BCUT2D eigenvalue weighted by atomic mass is 32.2. The zero-order chi connectivity index (χ0) is 12.3. The Kier molecular flexibility index (Phi) is 3.86. The Morgan fingerprint density at radius 1 is 1.35 bits per heavy atom. The maximum Gasteiger partial charge on any atom is 0.0967 e. The van der Waals surface area contributed by atoms with Gasteiger partial charge in [0.15, 0.2) is 0 Å². The lowest BCUT2D eigenvalue weighted by molar-refractivity contribution is 0.250.